The molecule has 0 saturated carbocycles. The van der Waals surface area contributed by atoms with Crippen LogP contribution in [0.5, 0.6) is 11.5 Å². The molecule has 0 radical (unpaired) electrons. The lowest BCUT2D eigenvalue weighted by Crippen LogP contribution is -1.97. The average Bonchev–Trinajstić information content (AvgIpc) is 2.43. The van der Waals surface area contributed by atoms with E-state index in [-0.39, 0.29) is 27.2 Å². The van der Waals surface area contributed by atoms with E-state index >= 15 is 0 Å². The summed E-state index contributed by atoms with van der Waals surface area (Å²) in [5.74, 6) is -2.61. The Morgan fingerprint density at radius 1 is 1.29 bits per heavy atom. The highest BCUT2D eigenvalue weighted by atomic mass is 79.9. The first-order chi connectivity index (χ1) is 9.92. The molecule has 0 aliphatic heterocycles. The van der Waals surface area contributed by atoms with Gasteiger partial charge in [0.1, 0.15) is 5.75 Å². The topological polar surface area (TPSA) is 72.6 Å². The zero-order valence-corrected chi connectivity index (χ0v) is 11.9. The maximum absolute atomic E-state index is 13.6. The second-order valence-corrected chi connectivity index (χ2v) is 4.92. The minimum Gasteiger partial charge on any atom is -0.454 e. The van der Waals surface area contributed by atoms with Gasteiger partial charge in [0, 0.05) is 10.5 Å². The van der Waals surface area contributed by atoms with E-state index < -0.39 is 23.2 Å². The van der Waals surface area contributed by atoms with Gasteiger partial charge in [0.05, 0.1) is 17.1 Å². The number of rotatable bonds is 4. The van der Waals surface area contributed by atoms with Crippen LogP contribution in [0.4, 0.5) is 14.5 Å². The van der Waals surface area contributed by atoms with Crippen molar-refractivity contribution in [2.75, 3.05) is 0 Å². The normalized spacial score (nSPS) is 10.5. The number of aliphatic hydroxyl groups is 1. The molecule has 21 heavy (non-hydrogen) atoms. The molecule has 0 aromatic heterocycles. The Balaban J connectivity index is 2.39. The summed E-state index contributed by atoms with van der Waals surface area (Å²) in [7, 11) is 0. The van der Waals surface area contributed by atoms with Gasteiger partial charge in [-0.1, -0.05) is 15.9 Å². The summed E-state index contributed by atoms with van der Waals surface area (Å²) in [6, 6.07) is 5.70. The fourth-order valence-corrected chi connectivity index (χ4v) is 2.07. The number of nitrogens with zero attached hydrogens (tertiary/aromatic N) is 1. The number of ether oxygens (including phenoxy) is 1. The van der Waals surface area contributed by atoms with Crippen molar-refractivity contribution < 1.29 is 23.5 Å². The molecule has 0 aliphatic rings. The number of benzene rings is 2. The van der Waals surface area contributed by atoms with Crippen LogP contribution in [0, 0.1) is 21.7 Å². The van der Waals surface area contributed by atoms with Crippen molar-refractivity contribution in [3.63, 3.8) is 0 Å². The first-order valence-electron chi connectivity index (χ1n) is 5.63. The Bertz CT molecular complexity index is 709. The van der Waals surface area contributed by atoms with Gasteiger partial charge in [0.2, 0.25) is 5.82 Å². The van der Waals surface area contributed by atoms with Crippen molar-refractivity contribution in [3.8, 4) is 11.5 Å². The zero-order chi connectivity index (χ0) is 15.6. The summed E-state index contributed by atoms with van der Waals surface area (Å²) >= 11 is 3.00. The van der Waals surface area contributed by atoms with Crippen molar-refractivity contribution in [2.45, 2.75) is 6.61 Å². The third kappa shape index (κ3) is 3.34. The molecule has 0 fully saturated rings. The lowest BCUT2D eigenvalue weighted by Gasteiger charge is -2.09. The van der Waals surface area contributed by atoms with Gasteiger partial charge in [0.25, 0.3) is 5.69 Å². The quantitative estimate of drug-likeness (QED) is 0.510. The molecule has 5 nitrogen and oxygen atoms in total. The van der Waals surface area contributed by atoms with Crippen LogP contribution in [-0.4, -0.2) is 10.0 Å². The van der Waals surface area contributed by atoms with Gasteiger partial charge < -0.3 is 9.84 Å². The third-order valence-corrected chi connectivity index (χ3v) is 3.06. The fraction of sp³-hybridized carbons (Fsp3) is 0.0769. The highest BCUT2D eigenvalue weighted by Gasteiger charge is 2.16. The molecular formula is C13H8BrF2NO4. The molecule has 2 rings (SSSR count). The Morgan fingerprint density at radius 3 is 2.62 bits per heavy atom. The van der Waals surface area contributed by atoms with Crippen molar-refractivity contribution in [1.29, 1.82) is 0 Å². The van der Waals surface area contributed by atoms with Gasteiger partial charge >= 0.3 is 0 Å². The first kappa shape index (κ1) is 15.3. The highest BCUT2D eigenvalue weighted by molar-refractivity contribution is 9.10. The molecule has 0 unspecified atom stereocenters. The largest absolute Gasteiger partial charge is 0.454 e. The number of aliphatic hydroxyl groups excluding tert-OH is 1. The first-order valence-corrected chi connectivity index (χ1v) is 6.42. The predicted octanol–water partition coefficient (Wildman–Crippen LogP) is 3.92. The predicted molar refractivity (Wildman–Crippen MR) is 73.2 cm³/mol. The van der Waals surface area contributed by atoms with Gasteiger partial charge in [-0.05, 0) is 24.3 Å². The number of hydrogen-bond acceptors (Lipinski definition) is 4. The molecule has 2 aromatic carbocycles. The van der Waals surface area contributed by atoms with Crippen LogP contribution in [0.25, 0.3) is 0 Å². The van der Waals surface area contributed by atoms with Gasteiger partial charge in [-0.2, -0.15) is 4.39 Å². The highest BCUT2D eigenvalue weighted by Crippen LogP contribution is 2.32. The van der Waals surface area contributed by atoms with E-state index in [0.29, 0.717) is 0 Å². The van der Waals surface area contributed by atoms with E-state index in [4.69, 9.17) is 9.84 Å². The molecule has 0 bridgehead atoms. The average molecular weight is 360 g/mol. The van der Waals surface area contributed by atoms with Crippen LogP contribution in [0.15, 0.2) is 34.8 Å². The van der Waals surface area contributed by atoms with E-state index in [1.807, 2.05) is 0 Å². The van der Waals surface area contributed by atoms with Gasteiger partial charge in [-0.3, -0.25) is 10.1 Å². The number of hydrogen-bond donors (Lipinski definition) is 1. The zero-order valence-electron chi connectivity index (χ0n) is 10.3. The Kier molecular flexibility index (Phi) is 4.49. The summed E-state index contributed by atoms with van der Waals surface area (Å²) in [6.07, 6.45) is 0. The van der Waals surface area contributed by atoms with Crippen LogP contribution in [0.3, 0.4) is 0 Å². The molecule has 0 heterocycles. The molecule has 0 amide bonds. The van der Waals surface area contributed by atoms with Crippen LogP contribution < -0.4 is 4.74 Å². The maximum atomic E-state index is 13.6. The number of nitro groups is 1. The molecule has 0 saturated heterocycles. The van der Waals surface area contributed by atoms with Crippen LogP contribution >= 0.6 is 15.9 Å². The molecule has 1 N–H and O–H groups in total. The third-order valence-electron chi connectivity index (χ3n) is 2.61. The standard InChI is InChI=1S/C13H8BrF2NO4/c14-8-4-10(15)13(16)12(5-8)21-9-1-2-11(17(19)20)7(3-9)6-18/h1-5,18H,6H2. The van der Waals surface area contributed by atoms with Gasteiger partial charge in [0.15, 0.2) is 11.6 Å². The minimum absolute atomic E-state index is 0.00776. The monoisotopic (exact) mass is 359 g/mol. The van der Waals surface area contributed by atoms with E-state index in [1.54, 1.807) is 0 Å². The molecule has 0 atom stereocenters. The van der Waals surface area contributed by atoms with E-state index in [0.717, 1.165) is 12.1 Å². The Labute approximate surface area is 126 Å². The summed E-state index contributed by atoms with van der Waals surface area (Å²) in [6.45, 7) is -0.581. The molecule has 0 spiro atoms. The number of halogens is 3. The second-order valence-electron chi connectivity index (χ2n) is 4.01. The molecule has 110 valence electrons. The van der Waals surface area contributed by atoms with Crippen LogP contribution in [0.1, 0.15) is 5.56 Å². The smallest absolute Gasteiger partial charge is 0.275 e. The Hall–Kier alpha value is -2.06. The van der Waals surface area contributed by atoms with Crippen molar-refractivity contribution in [1.82, 2.24) is 0 Å². The summed E-state index contributed by atoms with van der Waals surface area (Å²) in [5.41, 5.74) is -0.279. The molecule has 2 aromatic rings. The molecular weight excluding hydrogens is 352 g/mol. The van der Waals surface area contributed by atoms with Crippen LogP contribution in [-0.2, 0) is 6.61 Å². The van der Waals surface area contributed by atoms with E-state index in [2.05, 4.69) is 15.9 Å². The fourth-order valence-electron chi connectivity index (χ4n) is 1.66. The SMILES string of the molecule is O=[N+]([O-])c1ccc(Oc2cc(Br)cc(F)c2F)cc1CO. The molecule has 8 heteroatoms. The minimum atomic E-state index is -1.18. The lowest BCUT2D eigenvalue weighted by atomic mass is 10.2. The van der Waals surface area contributed by atoms with Gasteiger partial charge in [-0.25, -0.2) is 4.39 Å². The lowest BCUT2D eigenvalue weighted by molar-refractivity contribution is -0.385. The van der Waals surface area contributed by atoms with Crippen LogP contribution in [0.2, 0.25) is 0 Å². The van der Waals surface area contributed by atoms with E-state index in [9.17, 15) is 18.9 Å². The summed E-state index contributed by atoms with van der Waals surface area (Å²) in [4.78, 5) is 10.1. The molecule has 0 aliphatic carbocycles. The maximum Gasteiger partial charge on any atom is 0.275 e. The van der Waals surface area contributed by atoms with Crippen molar-refractivity contribution >= 4 is 21.6 Å². The Morgan fingerprint density at radius 2 is 2.00 bits per heavy atom. The number of nitro benzene ring substituents is 1. The van der Waals surface area contributed by atoms with E-state index in [1.165, 1.54) is 18.2 Å². The second kappa shape index (κ2) is 6.15. The summed E-state index contributed by atoms with van der Waals surface area (Å²) < 4.78 is 32.3. The van der Waals surface area contributed by atoms with Crippen molar-refractivity contribution in [2.24, 2.45) is 0 Å². The van der Waals surface area contributed by atoms with Crippen molar-refractivity contribution in [3.05, 3.63) is 62.1 Å². The van der Waals surface area contributed by atoms with Gasteiger partial charge in [-0.15, -0.1) is 0 Å². The summed E-state index contributed by atoms with van der Waals surface area (Å²) in [5, 5.41) is 19.8.